The molecule has 0 amide bonds. The summed E-state index contributed by atoms with van der Waals surface area (Å²) in [6.45, 7) is 1.90. The number of para-hydroxylation sites is 1. The monoisotopic (exact) mass is 399 g/mol. The highest BCUT2D eigenvalue weighted by Gasteiger charge is 2.16. The van der Waals surface area contributed by atoms with Gasteiger partial charge in [0.05, 0.1) is 4.90 Å². The van der Waals surface area contributed by atoms with Crippen LogP contribution in [0.15, 0.2) is 53.6 Å². The summed E-state index contributed by atoms with van der Waals surface area (Å²) in [5, 5.41) is 12.4. The molecule has 3 aromatic rings. The van der Waals surface area contributed by atoms with Gasteiger partial charge in [-0.3, -0.25) is 0 Å². The van der Waals surface area contributed by atoms with Gasteiger partial charge in [0, 0.05) is 17.3 Å². The van der Waals surface area contributed by atoms with Crippen molar-refractivity contribution in [2.24, 2.45) is 5.14 Å². The topological polar surface area (TPSA) is 119 Å². The van der Waals surface area contributed by atoms with Crippen LogP contribution in [0.1, 0.15) is 12.8 Å². The number of benzene rings is 2. The van der Waals surface area contributed by atoms with E-state index in [2.05, 4.69) is 20.6 Å². The Morgan fingerprint density at radius 2 is 1.86 bits per heavy atom. The fraction of sp³-hybridized carbons (Fsp3) is 0.263. The van der Waals surface area contributed by atoms with Crippen molar-refractivity contribution < 1.29 is 13.2 Å². The second-order valence-electron chi connectivity index (χ2n) is 6.65. The van der Waals surface area contributed by atoms with Crippen LogP contribution in [0, 0.1) is 0 Å². The maximum atomic E-state index is 11.4. The number of hydrogen-bond donors (Lipinski definition) is 3. The Bertz CT molecular complexity index is 1080. The molecular weight excluding hydrogens is 378 g/mol. The molecule has 1 fully saturated rings. The first-order valence-corrected chi connectivity index (χ1v) is 10.6. The number of nitrogens with one attached hydrogen (secondary N) is 2. The molecule has 0 aliphatic carbocycles. The highest BCUT2D eigenvalue weighted by atomic mass is 32.2. The smallest absolute Gasteiger partial charge is 0.238 e. The molecule has 1 aliphatic rings. The third-order valence-corrected chi connectivity index (χ3v) is 5.52. The molecule has 0 atom stereocenters. The van der Waals surface area contributed by atoms with Gasteiger partial charge in [0.15, 0.2) is 0 Å². The molecule has 4 N–H and O–H groups in total. The lowest BCUT2D eigenvalue weighted by molar-refractivity contribution is 0.164. The van der Waals surface area contributed by atoms with Gasteiger partial charge in [-0.25, -0.2) is 23.5 Å². The second-order valence-corrected chi connectivity index (χ2v) is 8.21. The minimum Gasteiger partial charge on any atom is -0.488 e. The van der Waals surface area contributed by atoms with Crippen molar-refractivity contribution in [3.63, 3.8) is 0 Å². The molecule has 0 saturated carbocycles. The molecule has 8 nitrogen and oxygen atoms in total. The number of sulfonamides is 1. The summed E-state index contributed by atoms with van der Waals surface area (Å²) in [5.41, 5.74) is 1.39. The summed E-state index contributed by atoms with van der Waals surface area (Å²) >= 11 is 0. The Morgan fingerprint density at radius 3 is 2.57 bits per heavy atom. The number of nitrogens with two attached hydrogens (primary N) is 1. The third-order valence-electron chi connectivity index (χ3n) is 4.59. The van der Waals surface area contributed by atoms with E-state index in [4.69, 9.17) is 9.88 Å². The van der Waals surface area contributed by atoms with Crippen LogP contribution in [0.25, 0.3) is 10.9 Å². The average molecular weight is 399 g/mol. The first-order chi connectivity index (χ1) is 13.5. The molecule has 28 heavy (non-hydrogen) atoms. The molecule has 1 saturated heterocycles. The maximum Gasteiger partial charge on any atom is 0.238 e. The number of aromatic nitrogens is 2. The zero-order chi connectivity index (χ0) is 19.6. The van der Waals surface area contributed by atoms with Crippen LogP contribution < -0.4 is 20.5 Å². The predicted molar refractivity (Wildman–Crippen MR) is 107 cm³/mol. The minimum absolute atomic E-state index is 0.0511. The number of anilines is 2. The summed E-state index contributed by atoms with van der Waals surface area (Å²) in [6.07, 6.45) is 3.83. The summed E-state index contributed by atoms with van der Waals surface area (Å²) < 4.78 is 28.9. The molecular formula is C19H21N5O3S. The van der Waals surface area contributed by atoms with Gasteiger partial charge in [0.2, 0.25) is 16.0 Å². The number of ether oxygens (including phenoxy) is 1. The zero-order valence-corrected chi connectivity index (χ0v) is 15.9. The molecule has 4 rings (SSSR count). The summed E-state index contributed by atoms with van der Waals surface area (Å²) in [5.74, 6) is 1.14. The quantitative estimate of drug-likeness (QED) is 0.601. The molecule has 146 valence electrons. The van der Waals surface area contributed by atoms with Crippen molar-refractivity contribution in [2.45, 2.75) is 23.8 Å². The van der Waals surface area contributed by atoms with Gasteiger partial charge in [-0.2, -0.15) is 0 Å². The number of hydrogen-bond acceptors (Lipinski definition) is 7. The minimum atomic E-state index is -3.72. The normalized spacial score (nSPS) is 15.5. The first kappa shape index (κ1) is 18.6. The zero-order valence-electron chi connectivity index (χ0n) is 15.1. The van der Waals surface area contributed by atoms with Gasteiger partial charge in [0.25, 0.3) is 0 Å². The number of primary sulfonamides is 1. The van der Waals surface area contributed by atoms with Crippen LogP contribution in [0.5, 0.6) is 5.75 Å². The van der Waals surface area contributed by atoms with Gasteiger partial charge in [0.1, 0.15) is 17.4 Å². The number of rotatable bonds is 5. The van der Waals surface area contributed by atoms with E-state index >= 15 is 0 Å². The van der Waals surface area contributed by atoms with Gasteiger partial charge in [-0.1, -0.05) is 12.1 Å². The van der Waals surface area contributed by atoms with Crippen molar-refractivity contribution >= 4 is 32.6 Å². The van der Waals surface area contributed by atoms with Gasteiger partial charge >= 0.3 is 0 Å². The second kappa shape index (κ2) is 7.70. The van der Waals surface area contributed by atoms with Crippen molar-refractivity contribution in [1.29, 1.82) is 0 Å². The Balaban J connectivity index is 1.58. The number of fused-ring (bicyclic) bond motifs is 1. The Labute approximate surface area is 163 Å². The highest BCUT2D eigenvalue weighted by molar-refractivity contribution is 7.89. The third kappa shape index (κ3) is 4.22. The molecule has 1 aliphatic heterocycles. The lowest BCUT2D eigenvalue weighted by atomic mass is 10.1. The summed E-state index contributed by atoms with van der Waals surface area (Å²) in [6, 6.07) is 11.9. The highest BCUT2D eigenvalue weighted by Crippen LogP contribution is 2.27. The van der Waals surface area contributed by atoms with Gasteiger partial charge < -0.3 is 15.4 Å². The average Bonchev–Trinajstić information content (AvgIpc) is 2.69. The van der Waals surface area contributed by atoms with E-state index in [1.54, 1.807) is 18.3 Å². The van der Waals surface area contributed by atoms with E-state index in [1.807, 2.05) is 18.2 Å². The fourth-order valence-electron chi connectivity index (χ4n) is 3.13. The molecule has 0 bridgehead atoms. The predicted octanol–water partition coefficient (Wildman–Crippen LogP) is 2.15. The summed E-state index contributed by atoms with van der Waals surface area (Å²) in [4.78, 5) is 8.98. The van der Waals surface area contributed by atoms with Crippen molar-refractivity contribution in [1.82, 2.24) is 15.3 Å². The number of nitrogens with zero attached hydrogens (tertiary/aromatic N) is 2. The summed E-state index contributed by atoms with van der Waals surface area (Å²) in [7, 11) is -3.72. The lowest BCUT2D eigenvalue weighted by Gasteiger charge is -2.24. The fourth-order valence-corrected chi connectivity index (χ4v) is 3.65. The van der Waals surface area contributed by atoms with E-state index < -0.39 is 10.0 Å². The first-order valence-electron chi connectivity index (χ1n) is 9.02. The molecule has 1 aromatic heterocycles. The van der Waals surface area contributed by atoms with E-state index in [-0.39, 0.29) is 11.0 Å². The van der Waals surface area contributed by atoms with Crippen LogP contribution in [0.4, 0.5) is 11.6 Å². The molecule has 0 radical (unpaired) electrons. The number of piperidine rings is 1. The molecule has 0 unspecified atom stereocenters. The largest absolute Gasteiger partial charge is 0.488 e. The van der Waals surface area contributed by atoms with Crippen LogP contribution in [-0.2, 0) is 10.0 Å². The van der Waals surface area contributed by atoms with Crippen LogP contribution in [-0.4, -0.2) is 37.6 Å². The van der Waals surface area contributed by atoms with E-state index in [1.165, 1.54) is 12.1 Å². The molecule has 2 aromatic carbocycles. The van der Waals surface area contributed by atoms with Crippen molar-refractivity contribution in [2.75, 3.05) is 18.4 Å². The lowest BCUT2D eigenvalue weighted by Crippen LogP contribution is -2.34. The van der Waals surface area contributed by atoms with Gasteiger partial charge in [-0.15, -0.1) is 0 Å². The Kier molecular flexibility index (Phi) is 5.12. The molecule has 0 spiro atoms. The van der Waals surface area contributed by atoms with Crippen molar-refractivity contribution in [3.8, 4) is 5.75 Å². The van der Waals surface area contributed by atoms with Crippen LogP contribution in [0.3, 0.4) is 0 Å². The maximum absolute atomic E-state index is 11.4. The van der Waals surface area contributed by atoms with E-state index in [9.17, 15) is 8.42 Å². The Morgan fingerprint density at radius 1 is 1.11 bits per heavy atom. The van der Waals surface area contributed by atoms with Crippen LogP contribution >= 0.6 is 0 Å². The SMILES string of the molecule is NS(=O)(=O)c1ccc(Nc2ncc3cccc(OC4CCNCC4)c3n2)cc1. The standard InChI is InChI=1S/C19H21N5O3S/c20-28(25,26)16-6-4-14(5-7-16)23-19-22-12-13-2-1-3-17(18(13)24-19)27-15-8-10-21-11-9-15/h1-7,12,15,21H,8-11H2,(H2,20,25,26)(H,22,23,24). The van der Waals surface area contributed by atoms with Crippen LogP contribution in [0.2, 0.25) is 0 Å². The van der Waals surface area contributed by atoms with E-state index in [0.717, 1.165) is 42.6 Å². The van der Waals surface area contributed by atoms with E-state index in [0.29, 0.717) is 11.6 Å². The molecule has 2 heterocycles. The Hall–Kier alpha value is -2.75. The molecule has 9 heteroatoms. The van der Waals surface area contributed by atoms with Gasteiger partial charge in [-0.05, 0) is 56.3 Å². The van der Waals surface area contributed by atoms with Crippen molar-refractivity contribution in [3.05, 3.63) is 48.7 Å².